The Labute approximate surface area is 96.4 Å². The number of hydrogen-bond donors (Lipinski definition) is 1. The quantitative estimate of drug-likeness (QED) is 0.781. The molecule has 1 aliphatic rings. The summed E-state index contributed by atoms with van der Waals surface area (Å²) in [6, 6.07) is 0. The van der Waals surface area contributed by atoms with Gasteiger partial charge >= 0.3 is 6.09 Å². The van der Waals surface area contributed by atoms with Gasteiger partial charge in [0.15, 0.2) is 0 Å². The molecular weight excluding hydrogens is 208 g/mol. The summed E-state index contributed by atoms with van der Waals surface area (Å²) >= 11 is 0. The topological polar surface area (TPSA) is 50.8 Å². The average Bonchev–Trinajstić information content (AvgIpc) is 2.46. The molecule has 0 radical (unpaired) electrons. The van der Waals surface area contributed by atoms with Crippen molar-refractivity contribution in [2.45, 2.75) is 33.3 Å². The highest BCUT2D eigenvalue weighted by Gasteiger charge is 2.29. The first-order valence-corrected chi connectivity index (χ1v) is 5.28. The standard InChI is InChI=1S/C11H20N2O3/c1-8-9(6-15-5)13(7-12-8)10(14)16-11(2,3)4/h12H,6-7H2,1-5H3. The minimum atomic E-state index is -0.480. The van der Waals surface area contributed by atoms with E-state index < -0.39 is 5.60 Å². The second-order valence-electron chi connectivity index (χ2n) is 4.75. The van der Waals surface area contributed by atoms with Crippen LogP contribution in [0, 0.1) is 0 Å². The van der Waals surface area contributed by atoms with Crippen LogP contribution in [0.4, 0.5) is 4.79 Å². The zero-order valence-corrected chi connectivity index (χ0v) is 10.6. The van der Waals surface area contributed by atoms with Crippen LogP contribution in [0.15, 0.2) is 11.4 Å². The highest BCUT2D eigenvalue weighted by atomic mass is 16.6. The predicted molar refractivity (Wildman–Crippen MR) is 60.7 cm³/mol. The molecule has 0 aromatic heterocycles. The van der Waals surface area contributed by atoms with E-state index in [1.807, 2.05) is 27.7 Å². The third kappa shape index (κ3) is 3.13. The zero-order chi connectivity index (χ0) is 12.3. The van der Waals surface area contributed by atoms with E-state index in [0.717, 1.165) is 11.4 Å². The van der Waals surface area contributed by atoms with E-state index in [1.165, 1.54) is 0 Å². The van der Waals surface area contributed by atoms with Gasteiger partial charge in [-0.2, -0.15) is 0 Å². The molecule has 1 amide bonds. The number of carbonyl (C=O) groups is 1. The molecule has 1 rings (SSSR count). The highest BCUT2D eigenvalue weighted by molar-refractivity contribution is 5.71. The molecule has 5 heteroatoms. The van der Waals surface area contributed by atoms with Crippen LogP contribution in [-0.2, 0) is 9.47 Å². The summed E-state index contributed by atoms with van der Waals surface area (Å²) in [5.74, 6) is 0. The van der Waals surface area contributed by atoms with Gasteiger partial charge in [0.1, 0.15) is 5.60 Å². The van der Waals surface area contributed by atoms with Crippen molar-refractivity contribution in [1.29, 1.82) is 0 Å². The number of ether oxygens (including phenoxy) is 2. The number of hydrogen-bond acceptors (Lipinski definition) is 4. The maximum atomic E-state index is 11.9. The Morgan fingerprint density at radius 2 is 2.12 bits per heavy atom. The molecule has 5 nitrogen and oxygen atoms in total. The third-order valence-corrected chi connectivity index (χ3v) is 2.16. The van der Waals surface area contributed by atoms with E-state index in [1.54, 1.807) is 12.0 Å². The van der Waals surface area contributed by atoms with Crippen molar-refractivity contribution in [2.75, 3.05) is 20.4 Å². The second kappa shape index (κ2) is 4.74. The van der Waals surface area contributed by atoms with Crippen LogP contribution in [-0.4, -0.2) is 37.0 Å². The maximum absolute atomic E-state index is 11.9. The monoisotopic (exact) mass is 228 g/mol. The van der Waals surface area contributed by atoms with Crippen molar-refractivity contribution in [3.05, 3.63) is 11.4 Å². The third-order valence-electron chi connectivity index (χ3n) is 2.16. The SMILES string of the molecule is COCC1=C(C)NCN1C(=O)OC(C)(C)C. The fraction of sp³-hybridized carbons (Fsp3) is 0.727. The summed E-state index contributed by atoms with van der Waals surface area (Å²) in [5, 5.41) is 3.10. The van der Waals surface area contributed by atoms with Crippen molar-refractivity contribution in [3.63, 3.8) is 0 Å². The van der Waals surface area contributed by atoms with E-state index >= 15 is 0 Å². The number of amides is 1. The Hall–Kier alpha value is -1.23. The molecule has 16 heavy (non-hydrogen) atoms. The Kier molecular flexibility index (Phi) is 3.80. The van der Waals surface area contributed by atoms with Crippen molar-refractivity contribution >= 4 is 6.09 Å². The smallest absolute Gasteiger partial charge is 0.416 e. The minimum absolute atomic E-state index is 0.344. The summed E-state index contributed by atoms with van der Waals surface area (Å²) in [5.41, 5.74) is 1.30. The zero-order valence-electron chi connectivity index (χ0n) is 10.6. The van der Waals surface area contributed by atoms with E-state index in [0.29, 0.717) is 13.3 Å². The number of nitrogens with one attached hydrogen (secondary N) is 1. The number of allylic oxidation sites excluding steroid dienone is 1. The van der Waals surface area contributed by atoms with Gasteiger partial charge in [0.25, 0.3) is 0 Å². The van der Waals surface area contributed by atoms with Crippen molar-refractivity contribution in [2.24, 2.45) is 0 Å². The molecule has 0 saturated carbocycles. The summed E-state index contributed by atoms with van der Waals surface area (Å²) in [6.07, 6.45) is -0.344. The fourth-order valence-corrected chi connectivity index (χ4v) is 1.41. The van der Waals surface area contributed by atoms with Crippen LogP contribution in [0.2, 0.25) is 0 Å². The van der Waals surface area contributed by atoms with Gasteiger partial charge in [-0.15, -0.1) is 0 Å². The molecule has 0 fully saturated rings. The average molecular weight is 228 g/mol. The summed E-state index contributed by atoms with van der Waals surface area (Å²) in [6.45, 7) is 8.30. The molecule has 0 spiro atoms. The maximum Gasteiger partial charge on any atom is 0.416 e. The number of methoxy groups -OCH3 is 1. The molecule has 0 aliphatic carbocycles. The molecule has 0 saturated heterocycles. The molecule has 0 bridgehead atoms. The van der Waals surface area contributed by atoms with Crippen molar-refractivity contribution < 1.29 is 14.3 Å². The summed E-state index contributed by atoms with van der Waals surface area (Å²) in [7, 11) is 1.60. The molecule has 92 valence electrons. The number of rotatable bonds is 2. The van der Waals surface area contributed by atoms with Crippen LogP contribution < -0.4 is 5.32 Å². The summed E-state index contributed by atoms with van der Waals surface area (Å²) in [4.78, 5) is 13.4. The van der Waals surface area contributed by atoms with Crippen LogP contribution in [0.3, 0.4) is 0 Å². The molecule has 1 heterocycles. The van der Waals surface area contributed by atoms with Crippen LogP contribution in [0.25, 0.3) is 0 Å². The number of carbonyl (C=O) groups excluding carboxylic acids is 1. The molecule has 0 aromatic rings. The first-order valence-electron chi connectivity index (χ1n) is 5.28. The lowest BCUT2D eigenvalue weighted by Gasteiger charge is -2.25. The second-order valence-corrected chi connectivity index (χ2v) is 4.75. The lowest BCUT2D eigenvalue weighted by atomic mass is 10.2. The Morgan fingerprint density at radius 1 is 1.50 bits per heavy atom. The minimum Gasteiger partial charge on any atom is -0.443 e. The largest absolute Gasteiger partial charge is 0.443 e. The predicted octanol–water partition coefficient (Wildman–Crippen LogP) is 1.66. The Bertz CT molecular complexity index is 305. The Morgan fingerprint density at radius 3 is 2.62 bits per heavy atom. The van der Waals surface area contributed by atoms with E-state index in [-0.39, 0.29) is 6.09 Å². The van der Waals surface area contributed by atoms with Gasteiger partial charge in [-0.25, -0.2) is 4.79 Å². The van der Waals surface area contributed by atoms with Gasteiger partial charge in [0.2, 0.25) is 0 Å². The van der Waals surface area contributed by atoms with Gasteiger partial charge in [-0.3, -0.25) is 4.90 Å². The van der Waals surface area contributed by atoms with Crippen molar-refractivity contribution in [3.8, 4) is 0 Å². The molecular formula is C11H20N2O3. The number of nitrogens with zero attached hydrogens (tertiary/aromatic N) is 1. The van der Waals surface area contributed by atoms with Crippen molar-refractivity contribution in [1.82, 2.24) is 10.2 Å². The molecule has 0 atom stereocenters. The van der Waals surface area contributed by atoms with Gasteiger partial charge in [0, 0.05) is 12.8 Å². The molecule has 1 N–H and O–H groups in total. The van der Waals surface area contributed by atoms with E-state index in [4.69, 9.17) is 9.47 Å². The fourth-order valence-electron chi connectivity index (χ4n) is 1.41. The van der Waals surface area contributed by atoms with E-state index in [2.05, 4.69) is 5.32 Å². The van der Waals surface area contributed by atoms with Gasteiger partial charge in [0.05, 0.1) is 19.0 Å². The highest BCUT2D eigenvalue weighted by Crippen LogP contribution is 2.19. The molecule has 1 aliphatic heterocycles. The van der Waals surface area contributed by atoms with Gasteiger partial charge in [-0.05, 0) is 27.7 Å². The first-order chi connectivity index (χ1) is 7.35. The normalized spacial score (nSPS) is 16.4. The molecule has 0 unspecified atom stereocenters. The molecule has 0 aromatic carbocycles. The lowest BCUT2D eigenvalue weighted by Crippen LogP contribution is -2.37. The van der Waals surface area contributed by atoms with Gasteiger partial charge < -0.3 is 14.8 Å². The lowest BCUT2D eigenvalue weighted by molar-refractivity contribution is 0.0298. The van der Waals surface area contributed by atoms with Crippen LogP contribution in [0.5, 0.6) is 0 Å². The van der Waals surface area contributed by atoms with Gasteiger partial charge in [-0.1, -0.05) is 0 Å². The summed E-state index contributed by atoms with van der Waals surface area (Å²) < 4.78 is 10.4. The Balaban J connectivity index is 2.71. The van der Waals surface area contributed by atoms with Crippen LogP contribution in [0.1, 0.15) is 27.7 Å². The van der Waals surface area contributed by atoms with Crippen LogP contribution >= 0.6 is 0 Å². The van der Waals surface area contributed by atoms with E-state index in [9.17, 15) is 4.79 Å². The first kappa shape index (κ1) is 12.8.